The van der Waals surface area contributed by atoms with E-state index in [1.165, 1.54) is 19.1 Å². The molecule has 1 nitrogen and oxygen atoms in total. The van der Waals surface area contributed by atoms with Gasteiger partial charge in [-0.15, -0.1) is 0 Å². The summed E-state index contributed by atoms with van der Waals surface area (Å²) < 4.78 is 38.6. The van der Waals surface area contributed by atoms with Crippen molar-refractivity contribution in [2.75, 3.05) is 0 Å². The summed E-state index contributed by atoms with van der Waals surface area (Å²) in [6.45, 7) is 1.21. The SMILES string of the molecule is CC(N)(Cc1cccc(Br)c1F)C(F)F. The maximum absolute atomic E-state index is 13.4. The second-order valence-electron chi connectivity index (χ2n) is 3.70. The molecule has 0 aliphatic carbocycles. The third kappa shape index (κ3) is 2.95. The molecule has 0 saturated carbocycles. The predicted octanol–water partition coefficient (Wildman–Crippen LogP) is 3.11. The van der Waals surface area contributed by atoms with Gasteiger partial charge in [0.2, 0.25) is 0 Å². The molecule has 1 aromatic rings. The molecular weight excluding hydrogens is 271 g/mol. The highest BCUT2D eigenvalue weighted by Gasteiger charge is 2.31. The number of rotatable bonds is 3. The molecule has 2 N–H and O–H groups in total. The van der Waals surface area contributed by atoms with Gasteiger partial charge in [-0.2, -0.15) is 0 Å². The van der Waals surface area contributed by atoms with E-state index in [2.05, 4.69) is 15.9 Å². The van der Waals surface area contributed by atoms with Crippen molar-refractivity contribution in [3.8, 4) is 0 Å². The van der Waals surface area contributed by atoms with Gasteiger partial charge in [0.05, 0.1) is 10.0 Å². The second kappa shape index (κ2) is 4.53. The molecule has 0 spiro atoms. The molecule has 0 heterocycles. The Kier molecular flexibility index (Phi) is 3.78. The highest BCUT2D eigenvalue weighted by Crippen LogP contribution is 2.24. The second-order valence-corrected chi connectivity index (χ2v) is 4.55. The number of halogens is 4. The van der Waals surface area contributed by atoms with Crippen LogP contribution in [-0.2, 0) is 6.42 Å². The van der Waals surface area contributed by atoms with E-state index in [9.17, 15) is 13.2 Å². The van der Waals surface area contributed by atoms with Crippen LogP contribution in [0.1, 0.15) is 12.5 Å². The molecule has 1 rings (SSSR count). The van der Waals surface area contributed by atoms with Crippen molar-refractivity contribution in [3.63, 3.8) is 0 Å². The summed E-state index contributed by atoms with van der Waals surface area (Å²) in [5, 5.41) is 0. The zero-order valence-electron chi connectivity index (χ0n) is 8.11. The van der Waals surface area contributed by atoms with Crippen LogP contribution in [0.15, 0.2) is 22.7 Å². The third-order valence-corrected chi connectivity index (χ3v) is 2.71. The third-order valence-electron chi connectivity index (χ3n) is 2.10. The predicted molar refractivity (Wildman–Crippen MR) is 56.4 cm³/mol. The summed E-state index contributed by atoms with van der Waals surface area (Å²) >= 11 is 2.99. The fourth-order valence-corrected chi connectivity index (χ4v) is 1.58. The standard InChI is InChI=1S/C10H11BrF3N/c1-10(15,9(13)14)5-6-3-2-4-7(11)8(6)12/h2-4,9H,5,15H2,1H3. The minimum Gasteiger partial charge on any atom is -0.320 e. The van der Waals surface area contributed by atoms with E-state index >= 15 is 0 Å². The summed E-state index contributed by atoms with van der Waals surface area (Å²) in [7, 11) is 0. The van der Waals surface area contributed by atoms with Crippen molar-refractivity contribution >= 4 is 15.9 Å². The van der Waals surface area contributed by atoms with Crippen LogP contribution in [0.3, 0.4) is 0 Å². The lowest BCUT2D eigenvalue weighted by Gasteiger charge is -2.23. The molecule has 15 heavy (non-hydrogen) atoms. The Morgan fingerprint density at radius 1 is 1.47 bits per heavy atom. The number of hydrogen-bond acceptors (Lipinski definition) is 1. The summed E-state index contributed by atoms with van der Waals surface area (Å²) in [5.41, 5.74) is 3.86. The van der Waals surface area contributed by atoms with Crippen LogP contribution in [0.4, 0.5) is 13.2 Å². The topological polar surface area (TPSA) is 26.0 Å². The van der Waals surface area contributed by atoms with Crippen LogP contribution in [0.5, 0.6) is 0 Å². The molecule has 5 heteroatoms. The van der Waals surface area contributed by atoms with Crippen molar-refractivity contribution in [2.24, 2.45) is 5.73 Å². The van der Waals surface area contributed by atoms with Gasteiger partial charge in [0, 0.05) is 0 Å². The van der Waals surface area contributed by atoms with E-state index < -0.39 is 17.8 Å². The lowest BCUT2D eigenvalue weighted by Crippen LogP contribution is -2.46. The minimum atomic E-state index is -2.68. The Labute approximate surface area is 94.6 Å². The fourth-order valence-electron chi connectivity index (χ4n) is 1.17. The Morgan fingerprint density at radius 2 is 2.07 bits per heavy atom. The molecule has 0 bridgehead atoms. The maximum Gasteiger partial charge on any atom is 0.256 e. The Morgan fingerprint density at radius 3 is 2.60 bits per heavy atom. The van der Waals surface area contributed by atoms with Gasteiger partial charge in [-0.05, 0) is 40.9 Å². The summed E-state index contributed by atoms with van der Waals surface area (Å²) in [6, 6.07) is 4.55. The van der Waals surface area contributed by atoms with Crippen molar-refractivity contribution in [3.05, 3.63) is 34.1 Å². The summed E-state index contributed by atoms with van der Waals surface area (Å²) in [4.78, 5) is 0. The number of hydrogen-bond donors (Lipinski definition) is 1. The van der Waals surface area contributed by atoms with Gasteiger partial charge in [0.1, 0.15) is 5.82 Å². The van der Waals surface area contributed by atoms with Gasteiger partial charge >= 0.3 is 0 Å². The highest BCUT2D eigenvalue weighted by molar-refractivity contribution is 9.10. The van der Waals surface area contributed by atoms with Gasteiger partial charge in [0.25, 0.3) is 6.43 Å². The van der Waals surface area contributed by atoms with E-state index in [4.69, 9.17) is 5.73 Å². The van der Waals surface area contributed by atoms with Crippen LogP contribution in [-0.4, -0.2) is 12.0 Å². The zero-order valence-corrected chi connectivity index (χ0v) is 9.69. The average Bonchev–Trinajstić information content (AvgIpc) is 2.12. The van der Waals surface area contributed by atoms with E-state index in [1.54, 1.807) is 6.07 Å². The van der Waals surface area contributed by atoms with Crippen molar-refractivity contribution in [1.29, 1.82) is 0 Å². The minimum absolute atomic E-state index is 0.190. The van der Waals surface area contributed by atoms with Crippen LogP contribution >= 0.6 is 15.9 Å². The molecule has 0 amide bonds. The molecule has 0 fully saturated rings. The highest BCUT2D eigenvalue weighted by atomic mass is 79.9. The smallest absolute Gasteiger partial charge is 0.256 e. The van der Waals surface area contributed by atoms with Crippen LogP contribution in [0.2, 0.25) is 0 Å². The van der Waals surface area contributed by atoms with Crippen LogP contribution in [0.25, 0.3) is 0 Å². The van der Waals surface area contributed by atoms with E-state index in [-0.39, 0.29) is 16.5 Å². The molecule has 0 aliphatic rings. The average molecular weight is 282 g/mol. The fraction of sp³-hybridized carbons (Fsp3) is 0.400. The molecule has 0 radical (unpaired) electrons. The number of nitrogens with two attached hydrogens (primary N) is 1. The summed E-state index contributed by atoms with van der Waals surface area (Å²) in [5.74, 6) is -0.533. The first-order valence-corrected chi connectivity index (χ1v) is 5.14. The first-order valence-electron chi connectivity index (χ1n) is 4.34. The Hall–Kier alpha value is -0.550. The van der Waals surface area contributed by atoms with Crippen molar-refractivity contribution in [2.45, 2.75) is 25.3 Å². The number of alkyl halides is 2. The zero-order chi connectivity index (χ0) is 11.6. The lowest BCUT2D eigenvalue weighted by atomic mass is 9.94. The summed E-state index contributed by atoms with van der Waals surface area (Å²) in [6.07, 6.45) is -2.88. The molecule has 1 aromatic carbocycles. The van der Waals surface area contributed by atoms with Crippen molar-refractivity contribution < 1.29 is 13.2 Å². The lowest BCUT2D eigenvalue weighted by molar-refractivity contribution is 0.0635. The molecular formula is C10H11BrF3N. The first-order chi connectivity index (χ1) is 6.84. The molecule has 0 aromatic heterocycles. The van der Waals surface area contributed by atoms with Gasteiger partial charge in [0.15, 0.2) is 0 Å². The Bertz CT molecular complexity index is 353. The normalized spacial score (nSPS) is 15.4. The maximum atomic E-state index is 13.4. The first kappa shape index (κ1) is 12.5. The monoisotopic (exact) mass is 281 g/mol. The molecule has 0 saturated heterocycles. The molecule has 1 atom stereocenters. The molecule has 1 unspecified atom stereocenters. The van der Waals surface area contributed by atoms with Gasteiger partial charge in [-0.1, -0.05) is 12.1 Å². The van der Waals surface area contributed by atoms with E-state index in [1.807, 2.05) is 0 Å². The van der Waals surface area contributed by atoms with E-state index in [0.29, 0.717) is 0 Å². The van der Waals surface area contributed by atoms with Crippen LogP contribution in [0, 0.1) is 5.82 Å². The van der Waals surface area contributed by atoms with Gasteiger partial charge in [-0.25, -0.2) is 13.2 Å². The van der Waals surface area contributed by atoms with E-state index in [0.717, 1.165) is 0 Å². The quantitative estimate of drug-likeness (QED) is 0.905. The Balaban J connectivity index is 2.95. The van der Waals surface area contributed by atoms with Gasteiger partial charge in [-0.3, -0.25) is 0 Å². The van der Waals surface area contributed by atoms with Crippen molar-refractivity contribution in [1.82, 2.24) is 0 Å². The van der Waals surface area contributed by atoms with Gasteiger partial charge < -0.3 is 5.73 Å². The molecule has 84 valence electrons. The number of benzene rings is 1. The molecule has 0 aliphatic heterocycles. The largest absolute Gasteiger partial charge is 0.320 e. The van der Waals surface area contributed by atoms with Crippen LogP contribution < -0.4 is 5.73 Å².